The number of hydrogen-bond donors (Lipinski definition) is 1. The summed E-state index contributed by atoms with van der Waals surface area (Å²) in [7, 11) is 0. The Balaban J connectivity index is 1.61. The van der Waals surface area contributed by atoms with Crippen LogP contribution in [0.3, 0.4) is 0 Å². The average Bonchev–Trinajstić information content (AvgIpc) is 2.97. The van der Waals surface area contributed by atoms with Gasteiger partial charge in [0.25, 0.3) is 0 Å². The molecule has 2 aliphatic rings. The first-order valence-corrected chi connectivity index (χ1v) is 5.67. The lowest BCUT2D eigenvalue weighted by Gasteiger charge is -2.12. The molecule has 1 fully saturated rings. The van der Waals surface area contributed by atoms with Crippen LogP contribution in [0, 0.1) is 0 Å². The molecule has 0 spiro atoms. The van der Waals surface area contributed by atoms with Gasteiger partial charge in [0.05, 0.1) is 6.10 Å². The lowest BCUT2D eigenvalue weighted by atomic mass is 10.2. The maximum Gasteiger partial charge on any atom is 0.231 e. The molecule has 0 bridgehead atoms. The second kappa shape index (κ2) is 4.22. The quantitative estimate of drug-likeness (QED) is 0.847. The van der Waals surface area contributed by atoms with Crippen LogP contribution in [0.4, 0.5) is 5.69 Å². The highest BCUT2D eigenvalue weighted by Gasteiger charge is 2.16. The molecule has 2 heterocycles. The molecule has 4 heteroatoms. The smallest absolute Gasteiger partial charge is 0.231 e. The summed E-state index contributed by atoms with van der Waals surface area (Å²) >= 11 is 0. The Kier molecular flexibility index (Phi) is 2.58. The van der Waals surface area contributed by atoms with Crippen molar-refractivity contribution in [2.24, 2.45) is 0 Å². The van der Waals surface area contributed by atoms with E-state index in [4.69, 9.17) is 14.2 Å². The molecule has 1 atom stereocenters. The van der Waals surface area contributed by atoms with Gasteiger partial charge in [-0.3, -0.25) is 0 Å². The molecule has 4 nitrogen and oxygen atoms in total. The van der Waals surface area contributed by atoms with Crippen LogP contribution in [-0.4, -0.2) is 26.0 Å². The van der Waals surface area contributed by atoms with Crippen molar-refractivity contribution in [2.75, 3.05) is 25.3 Å². The first-order chi connectivity index (χ1) is 7.92. The monoisotopic (exact) mass is 221 g/mol. The van der Waals surface area contributed by atoms with Crippen molar-refractivity contribution in [1.82, 2.24) is 0 Å². The molecule has 1 saturated heterocycles. The van der Waals surface area contributed by atoms with Gasteiger partial charge in [-0.25, -0.2) is 0 Å². The SMILES string of the molecule is c1cc2c(cc1NCC1CCCO1)OCO2. The Morgan fingerprint density at radius 3 is 3.06 bits per heavy atom. The van der Waals surface area contributed by atoms with Gasteiger partial charge in [0.2, 0.25) is 6.79 Å². The third-order valence-electron chi connectivity index (χ3n) is 2.93. The standard InChI is InChI=1S/C12H15NO3/c1-2-10(14-5-1)7-13-9-3-4-11-12(6-9)16-8-15-11/h3-4,6,10,13H,1-2,5,7-8H2. The molecule has 86 valence electrons. The maximum atomic E-state index is 5.55. The summed E-state index contributed by atoms with van der Waals surface area (Å²) in [6.45, 7) is 2.08. The van der Waals surface area contributed by atoms with Gasteiger partial charge in [0, 0.05) is 24.9 Å². The third kappa shape index (κ3) is 1.93. The number of ether oxygens (including phenoxy) is 3. The minimum Gasteiger partial charge on any atom is -0.454 e. The van der Waals surface area contributed by atoms with Crippen LogP contribution in [0.25, 0.3) is 0 Å². The molecule has 1 aromatic rings. The predicted molar refractivity (Wildman–Crippen MR) is 60.0 cm³/mol. The number of fused-ring (bicyclic) bond motifs is 1. The lowest BCUT2D eigenvalue weighted by molar-refractivity contribution is 0.120. The van der Waals surface area contributed by atoms with Gasteiger partial charge in [-0.15, -0.1) is 0 Å². The second-order valence-electron chi connectivity index (χ2n) is 4.08. The molecule has 1 aromatic carbocycles. The Bertz CT molecular complexity index is 375. The molecule has 0 radical (unpaired) electrons. The highest BCUT2D eigenvalue weighted by Crippen LogP contribution is 2.34. The van der Waals surface area contributed by atoms with E-state index in [1.54, 1.807) is 0 Å². The zero-order chi connectivity index (χ0) is 10.8. The number of anilines is 1. The molecular weight excluding hydrogens is 206 g/mol. The number of nitrogens with one attached hydrogen (secondary N) is 1. The fourth-order valence-corrected chi connectivity index (χ4v) is 2.04. The van der Waals surface area contributed by atoms with Gasteiger partial charge in [-0.05, 0) is 25.0 Å². The van der Waals surface area contributed by atoms with Crippen molar-refractivity contribution in [2.45, 2.75) is 18.9 Å². The Morgan fingerprint density at radius 2 is 2.19 bits per heavy atom. The number of rotatable bonds is 3. The summed E-state index contributed by atoms with van der Waals surface area (Å²) in [6.07, 6.45) is 2.68. The summed E-state index contributed by atoms with van der Waals surface area (Å²) in [4.78, 5) is 0. The fourth-order valence-electron chi connectivity index (χ4n) is 2.04. The van der Waals surface area contributed by atoms with Crippen molar-refractivity contribution in [3.8, 4) is 11.5 Å². The molecule has 0 aromatic heterocycles. The minimum atomic E-state index is 0.324. The van der Waals surface area contributed by atoms with Crippen molar-refractivity contribution < 1.29 is 14.2 Å². The van der Waals surface area contributed by atoms with Crippen LogP contribution in [-0.2, 0) is 4.74 Å². The van der Waals surface area contributed by atoms with Gasteiger partial charge in [0.15, 0.2) is 11.5 Å². The van der Waals surface area contributed by atoms with Crippen LogP contribution >= 0.6 is 0 Å². The topological polar surface area (TPSA) is 39.7 Å². The van der Waals surface area contributed by atoms with E-state index in [1.165, 1.54) is 6.42 Å². The van der Waals surface area contributed by atoms with Crippen LogP contribution in [0.15, 0.2) is 18.2 Å². The molecule has 2 aliphatic heterocycles. The number of benzene rings is 1. The molecule has 1 unspecified atom stereocenters. The van der Waals surface area contributed by atoms with E-state index in [2.05, 4.69) is 5.32 Å². The van der Waals surface area contributed by atoms with Crippen molar-refractivity contribution in [1.29, 1.82) is 0 Å². The van der Waals surface area contributed by atoms with E-state index in [0.29, 0.717) is 12.9 Å². The van der Waals surface area contributed by atoms with Gasteiger partial charge >= 0.3 is 0 Å². The fraction of sp³-hybridized carbons (Fsp3) is 0.500. The third-order valence-corrected chi connectivity index (χ3v) is 2.93. The zero-order valence-corrected chi connectivity index (χ0v) is 9.07. The van der Waals surface area contributed by atoms with Gasteiger partial charge < -0.3 is 19.5 Å². The van der Waals surface area contributed by atoms with E-state index in [-0.39, 0.29) is 0 Å². The van der Waals surface area contributed by atoms with Crippen LogP contribution in [0.2, 0.25) is 0 Å². The Morgan fingerprint density at radius 1 is 1.25 bits per heavy atom. The number of hydrogen-bond acceptors (Lipinski definition) is 4. The van der Waals surface area contributed by atoms with Gasteiger partial charge in [-0.2, -0.15) is 0 Å². The van der Waals surface area contributed by atoms with E-state index >= 15 is 0 Å². The highest BCUT2D eigenvalue weighted by molar-refractivity contribution is 5.55. The van der Waals surface area contributed by atoms with E-state index in [0.717, 1.165) is 36.8 Å². The molecule has 3 rings (SSSR count). The molecule has 0 saturated carbocycles. The van der Waals surface area contributed by atoms with Crippen molar-refractivity contribution in [3.05, 3.63) is 18.2 Å². The summed E-state index contributed by atoms with van der Waals surface area (Å²) in [5, 5.41) is 3.36. The average molecular weight is 221 g/mol. The first-order valence-electron chi connectivity index (χ1n) is 5.67. The molecular formula is C12H15NO3. The summed E-state index contributed by atoms with van der Waals surface area (Å²) in [5.41, 5.74) is 1.06. The molecule has 0 aliphatic carbocycles. The summed E-state index contributed by atoms with van der Waals surface area (Å²) < 4.78 is 16.1. The predicted octanol–water partition coefficient (Wildman–Crippen LogP) is 2.01. The molecule has 16 heavy (non-hydrogen) atoms. The largest absolute Gasteiger partial charge is 0.454 e. The Hall–Kier alpha value is -1.42. The van der Waals surface area contributed by atoms with E-state index in [9.17, 15) is 0 Å². The van der Waals surface area contributed by atoms with E-state index in [1.807, 2.05) is 18.2 Å². The van der Waals surface area contributed by atoms with Crippen LogP contribution in [0.5, 0.6) is 11.5 Å². The van der Waals surface area contributed by atoms with Gasteiger partial charge in [0.1, 0.15) is 0 Å². The normalized spacial score (nSPS) is 22.4. The van der Waals surface area contributed by atoms with Crippen molar-refractivity contribution in [3.63, 3.8) is 0 Å². The summed E-state index contributed by atoms with van der Waals surface area (Å²) in [5.74, 6) is 1.64. The highest BCUT2D eigenvalue weighted by atomic mass is 16.7. The lowest BCUT2D eigenvalue weighted by Crippen LogP contribution is -2.18. The minimum absolute atomic E-state index is 0.324. The zero-order valence-electron chi connectivity index (χ0n) is 9.07. The molecule has 1 N–H and O–H groups in total. The maximum absolute atomic E-state index is 5.55. The van der Waals surface area contributed by atoms with Crippen molar-refractivity contribution >= 4 is 5.69 Å². The van der Waals surface area contributed by atoms with Crippen LogP contribution in [0.1, 0.15) is 12.8 Å². The second-order valence-corrected chi connectivity index (χ2v) is 4.08. The summed E-state index contributed by atoms with van der Waals surface area (Å²) in [6, 6.07) is 5.90. The van der Waals surface area contributed by atoms with Gasteiger partial charge in [-0.1, -0.05) is 0 Å². The molecule has 0 amide bonds. The van der Waals surface area contributed by atoms with E-state index < -0.39 is 0 Å². The van der Waals surface area contributed by atoms with Crippen LogP contribution < -0.4 is 14.8 Å². The Labute approximate surface area is 94.5 Å². The first kappa shape index (κ1) is 9.78.